The van der Waals surface area contributed by atoms with Crippen LogP contribution in [0.4, 0.5) is 5.69 Å². The number of ether oxygens (including phenoxy) is 2. The molecule has 0 aliphatic rings. The number of hydrogen-bond acceptors (Lipinski definition) is 4. The van der Waals surface area contributed by atoms with Crippen molar-refractivity contribution in [3.8, 4) is 5.75 Å². The number of rotatable bonds is 5. The summed E-state index contributed by atoms with van der Waals surface area (Å²) in [6.07, 6.45) is 0.298. The second kappa shape index (κ2) is 6.23. The topological polar surface area (TPSA) is 47.6 Å². The smallest absolute Gasteiger partial charge is 0.307 e. The van der Waals surface area contributed by atoms with Gasteiger partial charge in [-0.1, -0.05) is 11.6 Å². The monoisotopic (exact) mass is 243 g/mol. The Bertz CT molecular complexity index is 368. The first-order valence-corrected chi connectivity index (χ1v) is 5.19. The molecule has 0 saturated carbocycles. The van der Waals surface area contributed by atoms with Crippen molar-refractivity contribution in [3.63, 3.8) is 0 Å². The summed E-state index contributed by atoms with van der Waals surface area (Å²) in [7, 11) is 2.94. The van der Waals surface area contributed by atoms with E-state index in [1.807, 2.05) is 0 Å². The Labute approximate surface area is 99.5 Å². The summed E-state index contributed by atoms with van der Waals surface area (Å²) < 4.78 is 9.68. The summed E-state index contributed by atoms with van der Waals surface area (Å²) in [4.78, 5) is 10.9. The number of halogens is 1. The summed E-state index contributed by atoms with van der Waals surface area (Å²) in [6.45, 7) is 0.476. The highest BCUT2D eigenvalue weighted by molar-refractivity contribution is 6.30. The molecule has 1 N–H and O–H groups in total. The lowest BCUT2D eigenvalue weighted by atomic mass is 10.3. The quantitative estimate of drug-likeness (QED) is 0.807. The molecule has 0 aliphatic carbocycles. The predicted octanol–water partition coefficient (Wildman–Crippen LogP) is 2.32. The fourth-order valence-electron chi connectivity index (χ4n) is 1.22. The van der Waals surface area contributed by atoms with E-state index >= 15 is 0 Å². The molecule has 0 spiro atoms. The third-order valence-electron chi connectivity index (χ3n) is 2.03. The number of anilines is 1. The molecule has 0 aromatic heterocycles. The molecular weight excluding hydrogens is 230 g/mol. The van der Waals surface area contributed by atoms with Crippen molar-refractivity contribution >= 4 is 23.3 Å². The van der Waals surface area contributed by atoms with Crippen molar-refractivity contribution < 1.29 is 14.3 Å². The Balaban J connectivity index is 2.58. The van der Waals surface area contributed by atoms with Crippen LogP contribution in [0.3, 0.4) is 0 Å². The molecule has 1 rings (SSSR count). The molecule has 0 fully saturated rings. The van der Waals surface area contributed by atoms with E-state index in [0.29, 0.717) is 23.7 Å². The van der Waals surface area contributed by atoms with Crippen molar-refractivity contribution in [2.75, 3.05) is 26.1 Å². The van der Waals surface area contributed by atoms with Gasteiger partial charge in [-0.15, -0.1) is 0 Å². The molecule has 0 amide bonds. The van der Waals surface area contributed by atoms with E-state index in [-0.39, 0.29) is 5.97 Å². The van der Waals surface area contributed by atoms with Crippen molar-refractivity contribution in [2.24, 2.45) is 0 Å². The van der Waals surface area contributed by atoms with Crippen LogP contribution in [0, 0.1) is 0 Å². The Morgan fingerprint density at radius 2 is 2.19 bits per heavy atom. The lowest BCUT2D eigenvalue weighted by Gasteiger charge is -2.10. The third-order valence-corrected chi connectivity index (χ3v) is 2.27. The minimum atomic E-state index is -0.256. The second-order valence-corrected chi connectivity index (χ2v) is 3.53. The van der Waals surface area contributed by atoms with Gasteiger partial charge in [0.25, 0.3) is 0 Å². The van der Waals surface area contributed by atoms with Crippen LogP contribution in [0.2, 0.25) is 5.02 Å². The maximum absolute atomic E-state index is 10.9. The molecule has 0 atom stereocenters. The Morgan fingerprint density at radius 1 is 1.44 bits per heavy atom. The van der Waals surface area contributed by atoms with Gasteiger partial charge >= 0.3 is 5.97 Å². The fourth-order valence-corrected chi connectivity index (χ4v) is 1.39. The maximum atomic E-state index is 10.9. The van der Waals surface area contributed by atoms with E-state index in [0.717, 1.165) is 5.69 Å². The molecule has 16 heavy (non-hydrogen) atoms. The van der Waals surface area contributed by atoms with Crippen molar-refractivity contribution in [3.05, 3.63) is 23.2 Å². The fraction of sp³-hybridized carbons (Fsp3) is 0.364. The number of benzene rings is 1. The number of nitrogens with one attached hydrogen (secondary N) is 1. The molecule has 0 saturated heterocycles. The van der Waals surface area contributed by atoms with Gasteiger partial charge in [-0.25, -0.2) is 0 Å². The van der Waals surface area contributed by atoms with Crippen molar-refractivity contribution in [1.29, 1.82) is 0 Å². The molecular formula is C11H14ClNO3. The van der Waals surface area contributed by atoms with Gasteiger partial charge in [-0.05, 0) is 18.2 Å². The molecule has 5 heteroatoms. The van der Waals surface area contributed by atoms with E-state index in [2.05, 4.69) is 10.1 Å². The van der Waals surface area contributed by atoms with Gasteiger partial charge in [0.2, 0.25) is 0 Å². The Morgan fingerprint density at radius 3 is 2.81 bits per heavy atom. The minimum Gasteiger partial charge on any atom is -0.495 e. The van der Waals surface area contributed by atoms with Crippen LogP contribution in [0.15, 0.2) is 18.2 Å². The normalized spacial score (nSPS) is 9.69. The average Bonchev–Trinajstić information content (AvgIpc) is 2.29. The highest BCUT2D eigenvalue weighted by Crippen LogP contribution is 2.27. The largest absolute Gasteiger partial charge is 0.495 e. The van der Waals surface area contributed by atoms with Crippen LogP contribution in [-0.2, 0) is 9.53 Å². The number of methoxy groups -OCH3 is 2. The van der Waals surface area contributed by atoms with Crippen LogP contribution in [0.25, 0.3) is 0 Å². The van der Waals surface area contributed by atoms with E-state index in [4.69, 9.17) is 16.3 Å². The molecule has 0 heterocycles. The molecule has 1 aromatic carbocycles. The van der Waals surface area contributed by atoms with Crippen LogP contribution in [0.5, 0.6) is 5.75 Å². The predicted molar refractivity (Wildman–Crippen MR) is 63.1 cm³/mol. The van der Waals surface area contributed by atoms with Crippen molar-refractivity contribution in [1.82, 2.24) is 0 Å². The lowest BCUT2D eigenvalue weighted by molar-refractivity contribution is -0.140. The van der Waals surface area contributed by atoms with E-state index in [1.54, 1.807) is 25.3 Å². The van der Waals surface area contributed by atoms with Gasteiger partial charge in [0.05, 0.1) is 26.3 Å². The Kier molecular flexibility index (Phi) is 4.92. The maximum Gasteiger partial charge on any atom is 0.307 e. The summed E-state index contributed by atoms with van der Waals surface area (Å²) in [5.41, 5.74) is 0.763. The van der Waals surface area contributed by atoms with Gasteiger partial charge in [0.1, 0.15) is 5.75 Å². The summed E-state index contributed by atoms with van der Waals surface area (Å²) in [5.74, 6) is 0.433. The molecule has 1 aromatic rings. The van der Waals surface area contributed by atoms with E-state index in [1.165, 1.54) is 7.11 Å². The summed E-state index contributed by atoms with van der Waals surface area (Å²) in [6, 6.07) is 5.26. The molecule has 0 aliphatic heterocycles. The second-order valence-electron chi connectivity index (χ2n) is 3.10. The highest BCUT2D eigenvalue weighted by atomic mass is 35.5. The van der Waals surface area contributed by atoms with E-state index < -0.39 is 0 Å². The molecule has 4 nitrogen and oxygen atoms in total. The van der Waals surface area contributed by atoms with Gasteiger partial charge in [-0.3, -0.25) is 4.79 Å². The van der Waals surface area contributed by atoms with Crippen LogP contribution >= 0.6 is 11.6 Å². The van der Waals surface area contributed by atoms with Gasteiger partial charge in [-0.2, -0.15) is 0 Å². The first kappa shape index (κ1) is 12.6. The zero-order chi connectivity index (χ0) is 12.0. The molecule has 0 bridgehead atoms. The van der Waals surface area contributed by atoms with Crippen LogP contribution < -0.4 is 10.1 Å². The molecule has 0 radical (unpaired) electrons. The standard InChI is InChI=1S/C11H14ClNO3/c1-15-10-4-3-8(12)7-9(10)13-6-5-11(14)16-2/h3-4,7,13H,5-6H2,1-2H3. The average molecular weight is 244 g/mol. The lowest BCUT2D eigenvalue weighted by Crippen LogP contribution is -2.10. The Hall–Kier alpha value is -1.42. The zero-order valence-electron chi connectivity index (χ0n) is 9.25. The van der Waals surface area contributed by atoms with E-state index in [9.17, 15) is 4.79 Å². The number of carbonyl (C=O) groups is 1. The third kappa shape index (κ3) is 3.62. The molecule has 88 valence electrons. The first-order chi connectivity index (χ1) is 7.67. The van der Waals surface area contributed by atoms with Gasteiger partial charge in [0.15, 0.2) is 0 Å². The first-order valence-electron chi connectivity index (χ1n) is 4.81. The van der Waals surface area contributed by atoms with Crippen LogP contribution in [-0.4, -0.2) is 26.7 Å². The summed E-state index contributed by atoms with van der Waals surface area (Å²) in [5, 5.41) is 3.67. The summed E-state index contributed by atoms with van der Waals surface area (Å²) >= 11 is 5.86. The van der Waals surface area contributed by atoms with Crippen LogP contribution in [0.1, 0.15) is 6.42 Å². The highest BCUT2D eigenvalue weighted by Gasteiger charge is 2.04. The number of esters is 1. The van der Waals surface area contributed by atoms with Crippen molar-refractivity contribution in [2.45, 2.75) is 6.42 Å². The number of carbonyl (C=O) groups excluding carboxylic acids is 1. The molecule has 0 unspecified atom stereocenters. The zero-order valence-corrected chi connectivity index (χ0v) is 10.0. The minimum absolute atomic E-state index is 0.256. The number of hydrogen-bond donors (Lipinski definition) is 1. The SMILES string of the molecule is COC(=O)CCNc1cc(Cl)ccc1OC. The van der Waals surface area contributed by atoms with Gasteiger partial charge < -0.3 is 14.8 Å². The van der Waals surface area contributed by atoms with Gasteiger partial charge in [0, 0.05) is 11.6 Å².